The second-order valence-electron chi connectivity index (χ2n) is 11.5. The van der Waals surface area contributed by atoms with Gasteiger partial charge >= 0.3 is 6.11 Å². The second-order valence-corrected chi connectivity index (χ2v) is 11.5. The first kappa shape index (κ1) is 26.9. The number of rotatable bonds is 9. The molecule has 4 atom stereocenters. The number of fused-ring (bicyclic) bond motifs is 2. The molecule has 2 aliphatic rings. The number of hydrogen-bond acceptors (Lipinski definition) is 8. The largest absolute Gasteiger partial charge is 0.433 e. The summed E-state index contributed by atoms with van der Waals surface area (Å²) in [7, 11) is 2.09. The Bertz CT molecular complexity index is 1500. The number of nitrogens with two attached hydrogens (primary N) is 1. The third-order valence-electron chi connectivity index (χ3n) is 8.61. The van der Waals surface area contributed by atoms with E-state index >= 15 is 0 Å². The Morgan fingerprint density at radius 2 is 1.98 bits per heavy atom. The van der Waals surface area contributed by atoms with E-state index in [0.29, 0.717) is 48.8 Å². The van der Waals surface area contributed by atoms with E-state index in [4.69, 9.17) is 5.73 Å². The predicted molar refractivity (Wildman–Crippen MR) is 146 cm³/mol. The van der Waals surface area contributed by atoms with Crippen molar-refractivity contribution in [3.63, 3.8) is 0 Å². The van der Waals surface area contributed by atoms with E-state index in [-0.39, 0.29) is 17.7 Å². The van der Waals surface area contributed by atoms with Gasteiger partial charge in [-0.05, 0) is 56.8 Å². The van der Waals surface area contributed by atoms with Crippen LogP contribution in [0.3, 0.4) is 0 Å². The van der Waals surface area contributed by atoms with Crippen LogP contribution < -0.4 is 10.5 Å². The van der Waals surface area contributed by atoms with Gasteiger partial charge in [-0.2, -0.15) is 8.78 Å². The van der Waals surface area contributed by atoms with Crippen LogP contribution in [-0.2, 0) is 6.42 Å². The van der Waals surface area contributed by atoms with E-state index in [9.17, 15) is 19.0 Å². The summed E-state index contributed by atoms with van der Waals surface area (Å²) in [4.78, 5) is 18.5. The van der Waals surface area contributed by atoms with Crippen LogP contribution in [0.25, 0.3) is 22.1 Å². The van der Waals surface area contributed by atoms with Crippen molar-refractivity contribution in [1.29, 1.82) is 0 Å². The Morgan fingerprint density at radius 3 is 2.75 bits per heavy atom. The normalized spacial score (nSPS) is 27.1. The minimum Gasteiger partial charge on any atom is -0.433 e. The van der Waals surface area contributed by atoms with Gasteiger partial charge in [-0.15, -0.1) is 0 Å². The number of aliphatic hydroxyl groups excluding tert-OH is 2. The van der Waals surface area contributed by atoms with Gasteiger partial charge in [0, 0.05) is 44.1 Å². The molecule has 1 aromatic carbocycles. The number of aryl methyl sites for hydroxylation is 1. The molecule has 0 spiro atoms. The molecular weight excluding hydrogens is 520 g/mol. The topological polar surface area (TPSA) is 138 Å². The summed E-state index contributed by atoms with van der Waals surface area (Å²) in [6, 6.07) is 6.75. The number of anilines is 1. The van der Waals surface area contributed by atoms with Gasteiger partial charge in [0.1, 0.15) is 35.5 Å². The van der Waals surface area contributed by atoms with Crippen molar-refractivity contribution < 1.29 is 23.7 Å². The zero-order valence-electron chi connectivity index (χ0n) is 22.5. The van der Waals surface area contributed by atoms with Crippen LogP contribution in [0.15, 0.2) is 36.8 Å². The highest BCUT2D eigenvalue weighted by Crippen LogP contribution is 2.40. The molecule has 2 fully saturated rings. The number of nitrogens with zero attached hydrogens (tertiary/aromatic N) is 5. The number of benzene rings is 1. The van der Waals surface area contributed by atoms with Crippen LogP contribution >= 0.6 is 0 Å². The minimum atomic E-state index is -3.23. The molecule has 3 aromatic heterocycles. The van der Waals surface area contributed by atoms with Gasteiger partial charge in [-0.25, -0.2) is 15.0 Å². The lowest BCUT2D eigenvalue weighted by atomic mass is 9.76. The van der Waals surface area contributed by atoms with Crippen LogP contribution in [0, 0.1) is 11.8 Å². The van der Waals surface area contributed by atoms with Crippen LogP contribution in [0.1, 0.15) is 44.5 Å². The second kappa shape index (κ2) is 10.2. The minimum absolute atomic E-state index is 0.0576. The van der Waals surface area contributed by atoms with Crippen molar-refractivity contribution in [2.24, 2.45) is 11.8 Å². The highest BCUT2D eigenvalue weighted by atomic mass is 19.3. The first-order valence-electron chi connectivity index (χ1n) is 13.7. The van der Waals surface area contributed by atoms with Gasteiger partial charge in [0.2, 0.25) is 0 Å². The average molecular weight is 556 g/mol. The highest BCUT2D eigenvalue weighted by molar-refractivity contribution is 5.86. The van der Waals surface area contributed by atoms with Gasteiger partial charge in [0.05, 0.1) is 28.6 Å². The molecule has 0 radical (unpaired) electrons. The van der Waals surface area contributed by atoms with E-state index in [0.717, 1.165) is 42.4 Å². The van der Waals surface area contributed by atoms with Gasteiger partial charge in [-0.1, -0.05) is 0 Å². The molecule has 10 nitrogen and oxygen atoms in total. The van der Waals surface area contributed by atoms with E-state index in [1.807, 2.05) is 16.8 Å². The zero-order valence-corrected chi connectivity index (χ0v) is 22.5. The van der Waals surface area contributed by atoms with Crippen LogP contribution in [0.5, 0.6) is 5.75 Å². The molecule has 0 saturated heterocycles. The predicted octanol–water partition coefficient (Wildman–Crippen LogP) is 3.51. The molecule has 4 aromatic rings. The first-order valence-corrected chi connectivity index (χ1v) is 13.7. The number of alkyl halides is 2. The summed E-state index contributed by atoms with van der Waals surface area (Å²) >= 11 is 0. The molecule has 2 aliphatic carbocycles. The number of nitrogens with one attached hydrogen (secondary N) is 1. The molecule has 0 aliphatic heterocycles. The number of hydrogen-bond donors (Lipinski definition) is 4. The Balaban J connectivity index is 0.999. The molecule has 12 heteroatoms. The van der Waals surface area contributed by atoms with E-state index in [1.54, 1.807) is 12.1 Å². The van der Waals surface area contributed by atoms with Crippen molar-refractivity contribution in [2.45, 2.75) is 69.4 Å². The molecule has 214 valence electrons. The number of aliphatic hydroxyl groups is 2. The third kappa shape index (κ3) is 5.23. The lowest BCUT2D eigenvalue weighted by Gasteiger charge is -2.42. The number of aromatic amines is 1. The standard InChI is InChI=1S/C28H35F2N7O3/c1-28(29,30)40-18-4-5-20-21(12-18)35-23(34-20)6-3-15-9-17(10-15)36(2)13-16-11-22(25(39)24(16)38)37-8-7-19-26(31)32-14-33-27(19)37/h4-5,7-8,12,14-17,22,24-25,38-39H,3,6,9-11,13H2,1-2H3,(H,34,35)(H2,31,32,33)/t15?,16-,17?,22-,24-,25+/m1/s1. The van der Waals surface area contributed by atoms with E-state index in [1.165, 1.54) is 12.4 Å². The smallest absolute Gasteiger partial charge is 0.394 e. The number of aromatic nitrogens is 5. The maximum absolute atomic E-state index is 13.2. The Kier molecular flexibility index (Phi) is 6.87. The van der Waals surface area contributed by atoms with Crippen molar-refractivity contribution in [1.82, 2.24) is 29.4 Å². The number of ether oxygens (including phenoxy) is 1. The molecule has 0 bridgehead atoms. The van der Waals surface area contributed by atoms with Crippen molar-refractivity contribution in [3.8, 4) is 5.75 Å². The number of nitrogen functional groups attached to an aromatic ring is 1. The van der Waals surface area contributed by atoms with E-state index < -0.39 is 18.3 Å². The van der Waals surface area contributed by atoms with Crippen LogP contribution in [0.2, 0.25) is 0 Å². The Labute approximate surface area is 230 Å². The Morgan fingerprint density at radius 1 is 1.18 bits per heavy atom. The third-order valence-corrected chi connectivity index (χ3v) is 8.61. The fourth-order valence-electron chi connectivity index (χ4n) is 6.40. The number of H-pyrrole nitrogens is 1. The highest BCUT2D eigenvalue weighted by Gasteiger charge is 2.44. The number of halogens is 2. The van der Waals surface area contributed by atoms with Crippen molar-refractivity contribution >= 4 is 27.9 Å². The summed E-state index contributed by atoms with van der Waals surface area (Å²) in [6.07, 6.45) is 2.88. The molecule has 2 saturated carbocycles. The van der Waals surface area contributed by atoms with Gasteiger partial charge < -0.3 is 35.1 Å². The Hall–Kier alpha value is -3.35. The summed E-state index contributed by atoms with van der Waals surface area (Å²) in [5.41, 5.74) is 8.05. The molecule has 0 amide bonds. The molecule has 3 heterocycles. The van der Waals surface area contributed by atoms with Crippen LogP contribution in [-0.4, -0.2) is 77.6 Å². The molecule has 6 rings (SSSR count). The SMILES string of the molecule is CN(C[C@H]1C[C@@H](n2ccc3c(N)ncnc32)[C@H](O)[C@@H]1O)C1CC(CCc2nc3ccc(OC(C)(F)F)cc3[nH]2)C1. The fraction of sp³-hybridized carbons (Fsp3) is 0.536. The van der Waals surface area contributed by atoms with Gasteiger partial charge in [0.15, 0.2) is 0 Å². The molecular formula is C28H35F2N7O3. The lowest BCUT2D eigenvalue weighted by molar-refractivity contribution is -0.158. The van der Waals surface area contributed by atoms with Gasteiger partial charge in [-0.3, -0.25) is 0 Å². The quantitative estimate of drug-likeness (QED) is 0.246. The summed E-state index contributed by atoms with van der Waals surface area (Å²) in [6.45, 7) is 1.42. The fourth-order valence-corrected chi connectivity index (χ4v) is 6.40. The number of imidazole rings is 1. The lowest BCUT2D eigenvalue weighted by Crippen LogP contribution is -2.46. The van der Waals surface area contributed by atoms with Gasteiger partial charge in [0.25, 0.3) is 0 Å². The van der Waals surface area contributed by atoms with Crippen LogP contribution in [0.4, 0.5) is 14.6 Å². The first-order chi connectivity index (χ1) is 19.1. The van der Waals surface area contributed by atoms with E-state index in [2.05, 4.69) is 36.6 Å². The zero-order chi connectivity index (χ0) is 28.2. The molecule has 0 unspecified atom stereocenters. The summed E-state index contributed by atoms with van der Waals surface area (Å²) in [5, 5.41) is 22.5. The average Bonchev–Trinajstić information content (AvgIpc) is 3.54. The maximum atomic E-state index is 13.2. The monoisotopic (exact) mass is 555 g/mol. The van der Waals surface area contributed by atoms with Crippen molar-refractivity contribution in [2.75, 3.05) is 19.3 Å². The summed E-state index contributed by atoms with van der Waals surface area (Å²) < 4.78 is 32.9. The molecule has 5 N–H and O–H groups in total. The molecule has 40 heavy (non-hydrogen) atoms. The maximum Gasteiger partial charge on any atom is 0.394 e. The van der Waals surface area contributed by atoms with Crippen molar-refractivity contribution in [3.05, 3.63) is 42.6 Å². The summed E-state index contributed by atoms with van der Waals surface area (Å²) in [5.74, 6) is 1.85.